The fraction of sp³-hybridized carbons (Fsp3) is 0.158. The van der Waals surface area contributed by atoms with Crippen LogP contribution in [0.5, 0.6) is 0 Å². The number of hydrogen-bond acceptors (Lipinski definition) is 7. The highest BCUT2D eigenvalue weighted by molar-refractivity contribution is 7.17. The second-order valence-electron chi connectivity index (χ2n) is 6.01. The number of thiazole rings is 1. The van der Waals surface area contributed by atoms with Crippen LogP contribution in [0, 0.1) is 6.92 Å². The number of para-hydroxylation sites is 1. The molecule has 0 spiro atoms. The maximum absolute atomic E-state index is 12.1. The van der Waals surface area contributed by atoms with Crippen molar-refractivity contribution in [3.63, 3.8) is 0 Å². The van der Waals surface area contributed by atoms with Gasteiger partial charge in [0.05, 0.1) is 15.9 Å². The highest BCUT2D eigenvalue weighted by Gasteiger charge is 2.11. The maximum Gasteiger partial charge on any atom is 0.325 e. The number of benzene rings is 1. The Morgan fingerprint density at radius 2 is 1.96 bits per heavy atom. The molecule has 0 saturated carbocycles. The smallest absolute Gasteiger partial charge is 0.325 e. The molecule has 4 rings (SSSR count). The van der Waals surface area contributed by atoms with Gasteiger partial charge in [0.1, 0.15) is 12.1 Å². The molecule has 0 aliphatic heterocycles. The van der Waals surface area contributed by atoms with Crippen LogP contribution in [-0.4, -0.2) is 27.5 Å². The summed E-state index contributed by atoms with van der Waals surface area (Å²) < 4.78 is 1.06. The first-order valence-electron chi connectivity index (χ1n) is 8.70. The summed E-state index contributed by atoms with van der Waals surface area (Å²) in [5.74, 6) is 0.850. The zero-order valence-electron chi connectivity index (χ0n) is 15.1. The summed E-state index contributed by atoms with van der Waals surface area (Å²) in [7, 11) is 0. The van der Waals surface area contributed by atoms with E-state index < -0.39 is 0 Å². The monoisotopic (exact) mass is 410 g/mol. The summed E-state index contributed by atoms with van der Waals surface area (Å²) in [6, 6.07) is 11.0. The van der Waals surface area contributed by atoms with E-state index in [1.807, 2.05) is 48.7 Å². The molecule has 3 heterocycles. The quantitative estimate of drug-likeness (QED) is 0.426. The first-order chi connectivity index (χ1) is 13.7. The van der Waals surface area contributed by atoms with E-state index in [9.17, 15) is 4.79 Å². The van der Waals surface area contributed by atoms with Gasteiger partial charge in [0.25, 0.3) is 0 Å². The molecule has 142 valence electrons. The molecule has 0 fully saturated rings. The molecule has 0 unspecified atom stereocenters. The molecule has 3 aromatic heterocycles. The minimum Gasteiger partial charge on any atom is -0.368 e. The number of carbonyl (C=O) groups is 1. The van der Waals surface area contributed by atoms with Gasteiger partial charge in [0.2, 0.25) is 0 Å². The highest BCUT2D eigenvalue weighted by atomic mass is 32.1. The number of nitrogens with zero attached hydrogens (tertiary/aromatic N) is 3. The number of thiophene rings is 1. The van der Waals surface area contributed by atoms with Gasteiger partial charge in [-0.2, -0.15) is 0 Å². The van der Waals surface area contributed by atoms with Gasteiger partial charge in [-0.3, -0.25) is 5.32 Å². The van der Waals surface area contributed by atoms with Crippen molar-refractivity contribution in [2.45, 2.75) is 13.3 Å². The van der Waals surface area contributed by atoms with E-state index >= 15 is 0 Å². The van der Waals surface area contributed by atoms with Crippen LogP contribution in [0.3, 0.4) is 0 Å². The van der Waals surface area contributed by atoms with Gasteiger partial charge in [0.15, 0.2) is 5.13 Å². The van der Waals surface area contributed by atoms with Gasteiger partial charge in [-0.1, -0.05) is 18.2 Å². The van der Waals surface area contributed by atoms with Crippen molar-refractivity contribution in [2.24, 2.45) is 0 Å². The molecule has 0 saturated heterocycles. The van der Waals surface area contributed by atoms with Crippen molar-refractivity contribution in [2.75, 3.05) is 22.5 Å². The summed E-state index contributed by atoms with van der Waals surface area (Å²) in [5, 5.41) is 11.6. The number of nitrogens with one attached hydrogen (secondary N) is 3. The second-order valence-corrected chi connectivity index (χ2v) is 8.01. The van der Waals surface area contributed by atoms with Gasteiger partial charge >= 0.3 is 6.03 Å². The van der Waals surface area contributed by atoms with Crippen molar-refractivity contribution in [1.82, 2.24) is 15.0 Å². The lowest BCUT2D eigenvalue weighted by molar-refractivity contribution is 0.262. The molecule has 0 aliphatic rings. The summed E-state index contributed by atoms with van der Waals surface area (Å²) >= 11 is 3.11. The number of amides is 2. The Kier molecular flexibility index (Phi) is 5.45. The van der Waals surface area contributed by atoms with E-state index in [0.717, 1.165) is 45.3 Å². The molecule has 0 atom stereocenters. The van der Waals surface area contributed by atoms with Gasteiger partial charge in [-0.25, -0.2) is 19.7 Å². The average molecular weight is 411 g/mol. The summed E-state index contributed by atoms with van der Waals surface area (Å²) in [5.41, 5.74) is 2.61. The first kappa shape index (κ1) is 18.3. The fourth-order valence-corrected chi connectivity index (χ4v) is 4.47. The third-order valence-corrected chi connectivity index (χ3v) is 6.08. The van der Waals surface area contributed by atoms with Crippen molar-refractivity contribution >= 4 is 55.6 Å². The average Bonchev–Trinajstić information content (AvgIpc) is 3.29. The van der Waals surface area contributed by atoms with Crippen LogP contribution in [0.1, 0.15) is 10.6 Å². The molecule has 28 heavy (non-hydrogen) atoms. The molecule has 0 radical (unpaired) electrons. The number of hydrogen-bond donors (Lipinski definition) is 3. The Balaban J connectivity index is 1.34. The normalized spacial score (nSPS) is 10.8. The van der Waals surface area contributed by atoms with Gasteiger partial charge < -0.3 is 10.6 Å². The lowest BCUT2D eigenvalue weighted by Crippen LogP contribution is -2.19. The number of rotatable bonds is 6. The van der Waals surface area contributed by atoms with E-state index in [1.54, 1.807) is 17.7 Å². The third kappa shape index (κ3) is 4.26. The molecule has 9 heteroatoms. The van der Waals surface area contributed by atoms with Crippen LogP contribution < -0.4 is 16.0 Å². The number of fused-ring (bicyclic) bond motifs is 1. The molecule has 2 amide bonds. The zero-order valence-corrected chi connectivity index (χ0v) is 16.7. The van der Waals surface area contributed by atoms with Crippen LogP contribution in [0.15, 0.2) is 48.1 Å². The lowest BCUT2D eigenvalue weighted by atomic mass is 10.3. The number of aryl methyl sites for hydroxylation is 1. The largest absolute Gasteiger partial charge is 0.368 e. The number of carbonyl (C=O) groups excluding carboxylic acids is 1. The van der Waals surface area contributed by atoms with E-state index in [0.29, 0.717) is 5.13 Å². The van der Waals surface area contributed by atoms with E-state index in [4.69, 9.17) is 0 Å². The van der Waals surface area contributed by atoms with Gasteiger partial charge in [-0.05, 0) is 30.5 Å². The van der Waals surface area contributed by atoms with Crippen LogP contribution in [0.2, 0.25) is 0 Å². The zero-order chi connectivity index (χ0) is 19.3. The SMILES string of the molecule is Cc1nc(NC(=O)Nc2ccccc2)sc1CCNc1ncnc2ccsc12. The molecular weight excluding hydrogens is 392 g/mol. The van der Waals surface area contributed by atoms with Crippen LogP contribution >= 0.6 is 22.7 Å². The lowest BCUT2D eigenvalue weighted by Gasteiger charge is -2.05. The summed E-state index contributed by atoms with van der Waals surface area (Å²) in [6.45, 7) is 2.68. The second kappa shape index (κ2) is 8.32. The predicted octanol–water partition coefficient (Wildman–Crippen LogP) is 4.75. The molecule has 7 nitrogen and oxygen atoms in total. The molecule has 0 bridgehead atoms. The highest BCUT2D eigenvalue weighted by Crippen LogP contribution is 2.26. The van der Waals surface area contributed by atoms with E-state index in [-0.39, 0.29) is 6.03 Å². The third-order valence-electron chi connectivity index (χ3n) is 4.03. The van der Waals surface area contributed by atoms with Crippen molar-refractivity contribution in [1.29, 1.82) is 0 Å². The predicted molar refractivity (Wildman–Crippen MR) is 116 cm³/mol. The molecule has 4 aromatic rings. The van der Waals surface area contributed by atoms with Crippen LogP contribution in [-0.2, 0) is 6.42 Å². The van der Waals surface area contributed by atoms with E-state index in [2.05, 4.69) is 30.9 Å². The Morgan fingerprint density at radius 3 is 2.82 bits per heavy atom. The number of urea groups is 1. The topological polar surface area (TPSA) is 91.8 Å². The molecule has 3 N–H and O–H groups in total. The van der Waals surface area contributed by atoms with Crippen molar-refractivity contribution in [3.05, 3.63) is 58.7 Å². The fourth-order valence-electron chi connectivity index (χ4n) is 2.70. The Bertz CT molecular complexity index is 1090. The summed E-state index contributed by atoms with van der Waals surface area (Å²) in [6.07, 6.45) is 2.37. The van der Waals surface area contributed by atoms with Crippen molar-refractivity contribution in [3.8, 4) is 0 Å². The number of aromatic nitrogens is 3. The van der Waals surface area contributed by atoms with Gasteiger partial charge in [-0.15, -0.1) is 22.7 Å². The molecular formula is C19H18N6OS2. The Hall–Kier alpha value is -3.04. The Morgan fingerprint density at radius 1 is 1.11 bits per heavy atom. The standard InChI is InChI=1S/C19H18N6OS2/c1-12-15(7-9-20-17-16-14(8-10-27-16)21-11-22-17)28-19(23-12)25-18(26)24-13-5-3-2-4-6-13/h2-6,8,10-11H,7,9H2,1H3,(H,20,21,22)(H2,23,24,25,26). The van der Waals surface area contributed by atoms with Gasteiger partial charge in [0, 0.05) is 23.5 Å². The summed E-state index contributed by atoms with van der Waals surface area (Å²) in [4.78, 5) is 26.3. The van der Waals surface area contributed by atoms with Crippen LogP contribution in [0.4, 0.5) is 21.4 Å². The van der Waals surface area contributed by atoms with E-state index in [1.165, 1.54) is 11.3 Å². The number of anilines is 3. The minimum atomic E-state index is -0.300. The first-order valence-corrected chi connectivity index (χ1v) is 10.4. The van der Waals surface area contributed by atoms with Crippen LogP contribution in [0.25, 0.3) is 10.2 Å². The van der Waals surface area contributed by atoms with Crippen molar-refractivity contribution < 1.29 is 4.79 Å². The minimum absolute atomic E-state index is 0.300. The molecule has 1 aromatic carbocycles. The maximum atomic E-state index is 12.1. The molecule has 0 aliphatic carbocycles. The Labute approximate surface area is 169 Å².